The molecule has 1 fully saturated rings. The van der Waals surface area contributed by atoms with Gasteiger partial charge in [0.15, 0.2) is 5.69 Å². The summed E-state index contributed by atoms with van der Waals surface area (Å²) in [6, 6.07) is 14.4. The van der Waals surface area contributed by atoms with E-state index in [-0.39, 0.29) is 41.5 Å². The maximum absolute atomic E-state index is 13.1. The Hall–Kier alpha value is -2.97. The van der Waals surface area contributed by atoms with Crippen LogP contribution in [0.15, 0.2) is 48.5 Å². The summed E-state index contributed by atoms with van der Waals surface area (Å²) in [5.41, 5.74) is 7.84. The number of nitrogens with one attached hydrogen (secondary N) is 1. The Kier molecular flexibility index (Phi) is 5.62. The van der Waals surface area contributed by atoms with Gasteiger partial charge in [-0.1, -0.05) is 30.3 Å². The summed E-state index contributed by atoms with van der Waals surface area (Å²) in [5.74, 6) is 0.0919. The molecule has 3 aromatic rings. The lowest BCUT2D eigenvalue weighted by Crippen LogP contribution is -2.30. The number of nitrogens with zero attached hydrogens (tertiary/aromatic N) is 3. The third kappa shape index (κ3) is 3.44. The first kappa shape index (κ1) is 19.8. The van der Waals surface area contributed by atoms with Gasteiger partial charge in [0.1, 0.15) is 0 Å². The molecule has 2 heterocycles. The fraction of sp³-hybridized carbons (Fsp3) is 0.263. The van der Waals surface area contributed by atoms with Gasteiger partial charge in [0.05, 0.1) is 10.4 Å². The lowest BCUT2D eigenvalue weighted by atomic mass is 9.89. The summed E-state index contributed by atoms with van der Waals surface area (Å²) in [6.07, 6.45) is 0. The van der Waals surface area contributed by atoms with Crippen LogP contribution in [0.3, 0.4) is 0 Å². The zero-order valence-electron chi connectivity index (χ0n) is 14.9. The first-order valence-corrected chi connectivity index (χ1v) is 8.75. The number of hydrogen-bond acceptors (Lipinski definition) is 5. The smallest absolute Gasteiger partial charge is 0.275 e. The second-order valence-electron chi connectivity index (χ2n) is 6.78. The average Bonchev–Trinajstić information content (AvgIpc) is 3.32. The van der Waals surface area contributed by atoms with Crippen molar-refractivity contribution in [2.45, 2.75) is 5.92 Å². The Balaban J connectivity index is 0.00000225. The van der Waals surface area contributed by atoms with Crippen LogP contribution in [0, 0.1) is 16.0 Å². The van der Waals surface area contributed by atoms with Crippen LogP contribution in [0.25, 0.3) is 10.9 Å². The van der Waals surface area contributed by atoms with Crippen molar-refractivity contribution in [1.29, 1.82) is 0 Å². The Morgan fingerprint density at radius 2 is 2.00 bits per heavy atom. The van der Waals surface area contributed by atoms with Crippen LogP contribution >= 0.6 is 12.4 Å². The van der Waals surface area contributed by atoms with Gasteiger partial charge in [-0.25, -0.2) is 0 Å². The lowest BCUT2D eigenvalue weighted by molar-refractivity contribution is -0.384. The van der Waals surface area contributed by atoms with Crippen LogP contribution in [0.1, 0.15) is 22.0 Å². The van der Waals surface area contributed by atoms with E-state index >= 15 is 0 Å². The number of nitro groups is 1. The largest absolute Gasteiger partial charge is 0.336 e. The lowest BCUT2D eigenvalue weighted by Gasteiger charge is -2.16. The topological polar surface area (TPSA) is 118 Å². The summed E-state index contributed by atoms with van der Waals surface area (Å²) in [7, 11) is 0. The highest BCUT2D eigenvalue weighted by Gasteiger charge is 2.36. The van der Waals surface area contributed by atoms with Gasteiger partial charge in [-0.05, 0) is 24.1 Å². The highest BCUT2D eigenvalue weighted by atomic mass is 35.5. The highest BCUT2D eigenvalue weighted by Crippen LogP contribution is 2.33. The minimum Gasteiger partial charge on any atom is -0.336 e. The number of halogens is 1. The molecule has 1 aromatic heterocycles. The number of benzene rings is 2. The molecule has 0 radical (unpaired) electrons. The molecule has 0 aliphatic carbocycles. The number of carbonyl (C=O) groups is 1. The minimum absolute atomic E-state index is 0. The molecule has 8 nitrogen and oxygen atoms in total. The van der Waals surface area contributed by atoms with E-state index < -0.39 is 4.92 Å². The summed E-state index contributed by atoms with van der Waals surface area (Å²) in [6.45, 7) is 1.57. The summed E-state index contributed by atoms with van der Waals surface area (Å²) in [5, 5.41) is 18.4. The van der Waals surface area contributed by atoms with Gasteiger partial charge in [-0.15, -0.1) is 12.4 Å². The van der Waals surface area contributed by atoms with Gasteiger partial charge in [-0.2, -0.15) is 5.10 Å². The molecule has 28 heavy (non-hydrogen) atoms. The first-order chi connectivity index (χ1) is 13.1. The van der Waals surface area contributed by atoms with Crippen LogP contribution in [-0.2, 0) is 0 Å². The Bertz CT molecular complexity index is 1010. The van der Waals surface area contributed by atoms with E-state index in [2.05, 4.69) is 22.3 Å². The number of likely N-dealkylation sites (tertiary alicyclic amines) is 1. The second-order valence-corrected chi connectivity index (χ2v) is 6.78. The van der Waals surface area contributed by atoms with E-state index in [0.717, 1.165) is 5.56 Å². The van der Waals surface area contributed by atoms with Crippen molar-refractivity contribution in [1.82, 2.24) is 15.1 Å². The maximum Gasteiger partial charge on any atom is 0.275 e. The Morgan fingerprint density at radius 1 is 1.25 bits per heavy atom. The molecule has 1 aliphatic rings. The molecular weight excluding hydrogens is 382 g/mol. The highest BCUT2D eigenvalue weighted by molar-refractivity contribution is 6.05. The minimum atomic E-state index is -0.480. The number of aromatic nitrogens is 2. The summed E-state index contributed by atoms with van der Waals surface area (Å²) >= 11 is 0. The average molecular weight is 402 g/mol. The molecule has 1 amide bonds. The fourth-order valence-corrected chi connectivity index (χ4v) is 3.78. The maximum atomic E-state index is 13.1. The molecule has 1 saturated heterocycles. The van der Waals surface area contributed by atoms with E-state index in [4.69, 9.17) is 5.73 Å². The number of nitrogens with two attached hydrogens (primary N) is 1. The SMILES string of the molecule is Cl.NC[C@@H]1CN(C(=O)c2n[nH]c3ccc([N+](=O)[O-])cc23)C[C@H]1c1ccccc1. The molecule has 0 bridgehead atoms. The molecular formula is C19H20ClN5O3. The second kappa shape index (κ2) is 7.95. The van der Waals surface area contributed by atoms with Crippen molar-refractivity contribution in [3.05, 3.63) is 69.9 Å². The third-order valence-corrected chi connectivity index (χ3v) is 5.22. The Morgan fingerprint density at radius 3 is 2.68 bits per heavy atom. The number of hydrogen-bond donors (Lipinski definition) is 2. The first-order valence-electron chi connectivity index (χ1n) is 8.75. The van der Waals surface area contributed by atoms with Crippen LogP contribution < -0.4 is 5.73 Å². The number of H-pyrrole nitrogens is 1. The van der Waals surface area contributed by atoms with Crippen molar-refractivity contribution >= 4 is 34.9 Å². The number of rotatable bonds is 4. The molecule has 0 spiro atoms. The van der Waals surface area contributed by atoms with Crippen LogP contribution in [0.4, 0.5) is 5.69 Å². The summed E-state index contributed by atoms with van der Waals surface area (Å²) in [4.78, 5) is 25.4. The van der Waals surface area contributed by atoms with Crippen molar-refractivity contribution in [2.75, 3.05) is 19.6 Å². The van der Waals surface area contributed by atoms with Crippen LogP contribution in [0.5, 0.6) is 0 Å². The van der Waals surface area contributed by atoms with Crippen molar-refractivity contribution < 1.29 is 9.72 Å². The van der Waals surface area contributed by atoms with Gasteiger partial charge < -0.3 is 10.6 Å². The van der Waals surface area contributed by atoms with E-state index in [1.54, 1.807) is 11.0 Å². The predicted molar refractivity (Wildman–Crippen MR) is 108 cm³/mol. The van der Waals surface area contributed by atoms with Crippen molar-refractivity contribution in [3.8, 4) is 0 Å². The van der Waals surface area contributed by atoms with E-state index in [9.17, 15) is 14.9 Å². The molecule has 0 saturated carbocycles. The molecule has 0 unspecified atom stereocenters. The Labute approximate surface area is 167 Å². The molecule has 1 aliphatic heterocycles. The normalized spacial score (nSPS) is 18.8. The molecule has 2 aromatic carbocycles. The molecule has 2 atom stereocenters. The number of fused-ring (bicyclic) bond motifs is 1. The van der Waals surface area contributed by atoms with Crippen LogP contribution in [0.2, 0.25) is 0 Å². The molecule has 9 heteroatoms. The standard InChI is InChI=1S/C19H19N5O3.ClH/c20-9-13-10-23(11-16(13)12-4-2-1-3-5-12)19(25)18-15-8-14(24(26)27)6-7-17(15)21-22-18;/h1-8,13,16H,9-11,20H2,(H,21,22);1H/t13-,16+;/m1./s1. The molecule has 146 valence electrons. The van der Waals surface area contributed by atoms with Crippen molar-refractivity contribution in [3.63, 3.8) is 0 Å². The van der Waals surface area contributed by atoms with Crippen molar-refractivity contribution in [2.24, 2.45) is 11.7 Å². The molecule has 4 rings (SSSR count). The number of nitro benzene ring substituents is 1. The van der Waals surface area contributed by atoms with Gasteiger partial charge >= 0.3 is 0 Å². The van der Waals surface area contributed by atoms with Gasteiger partial charge in [0.25, 0.3) is 11.6 Å². The third-order valence-electron chi connectivity index (χ3n) is 5.22. The summed E-state index contributed by atoms with van der Waals surface area (Å²) < 4.78 is 0. The van der Waals surface area contributed by atoms with E-state index in [0.29, 0.717) is 30.5 Å². The number of carbonyl (C=O) groups excluding carboxylic acids is 1. The van der Waals surface area contributed by atoms with Crippen LogP contribution in [-0.4, -0.2) is 45.6 Å². The van der Waals surface area contributed by atoms with E-state index in [1.807, 2.05) is 18.2 Å². The van der Waals surface area contributed by atoms with Gasteiger partial charge in [-0.3, -0.25) is 20.0 Å². The van der Waals surface area contributed by atoms with E-state index in [1.165, 1.54) is 12.1 Å². The van der Waals surface area contributed by atoms with Gasteiger partial charge in [0, 0.05) is 36.5 Å². The zero-order chi connectivity index (χ0) is 19.0. The predicted octanol–water partition coefficient (Wildman–Crippen LogP) is 2.71. The van der Waals surface area contributed by atoms with Gasteiger partial charge in [0.2, 0.25) is 0 Å². The molecule has 3 N–H and O–H groups in total. The number of amides is 1. The zero-order valence-corrected chi connectivity index (χ0v) is 15.8. The quantitative estimate of drug-likeness (QED) is 0.514. The fourth-order valence-electron chi connectivity index (χ4n) is 3.78. The number of aromatic amines is 1. The monoisotopic (exact) mass is 401 g/mol. The number of non-ortho nitro benzene ring substituents is 1.